The van der Waals surface area contributed by atoms with Crippen LogP contribution in [0.2, 0.25) is 0 Å². The molecular weight excluding hydrogens is 150 g/mol. The molecule has 0 spiro atoms. The van der Waals surface area contributed by atoms with E-state index in [0.717, 1.165) is 6.54 Å². The fourth-order valence-electron chi connectivity index (χ4n) is 0.622. The summed E-state index contributed by atoms with van der Waals surface area (Å²) in [5.41, 5.74) is 0. The van der Waals surface area contributed by atoms with Gasteiger partial charge in [-0.25, -0.2) is 0 Å². The molecule has 0 aromatic rings. The van der Waals surface area contributed by atoms with Crippen molar-refractivity contribution >= 4 is 29.2 Å². The predicted molar refractivity (Wildman–Crippen MR) is 47.4 cm³/mol. The van der Waals surface area contributed by atoms with Gasteiger partial charge in [-0.15, -0.1) is 0 Å². The van der Waals surface area contributed by atoms with Crippen LogP contribution in [0.1, 0.15) is 13.8 Å². The highest BCUT2D eigenvalue weighted by atomic mass is 32.1. The van der Waals surface area contributed by atoms with Crippen LogP contribution in [0.4, 0.5) is 0 Å². The van der Waals surface area contributed by atoms with Crippen molar-refractivity contribution in [2.24, 2.45) is 5.92 Å². The zero-order valence-electron chi connectivity index (χ0n) is 6.05. The summed E-state index contributed by atoms with van der Waals surface area (Å²) >= 11 is 9.55. The lowest BCUT2D eigenvalue weighted by molar-refractivity contribution is 0.436. The number of hydrogen-bond acceptors (Lipinski definition) is 2. The van der Waals surface area contributed by atoms with Gasteiger partial charge < -0.3 is 29.7 Å². The minimum atomic E-state index is 0.559. The number of nitrogens with zero attached hydrogens (tertiary/aromatic N) is 1. The molecule has 0 heterocycles. The molecule has 0 unspecified atom stereocenters. The van der Waals surface area contributed by atoms with Crippen LogP contribution >= 0.6 is 12.2 Å². The SMILES string of the molecule is CC(C)CN(C)C(=S)[S-]. The largest absolute Gasteiger partial charge is 0.411 e. The first-order valence-electron chi connectivity index (χ1n) is 2.96. The normalized spacial score (nSPS) is 9.78. The lowest BCUT2D eigenvalue weighted by atomic mass is 10.2. The van der Waals surface area contributed by atoms with Gasteiger partial charge in [0.1, 0.15) is 0 Å². The maximum Gasteiger partial charge on any atom is 0.0182 e. The summed E-state index contributed by atoms with van der Waals surface area (Å²) in [6.07, 6.45) is 0. The van der Waals surface area contributed by atoms with Crippen molar-refractivity contribution in [3.63, 3.8) is 0 Å². The van der Waals surface area contributed by atoms with Crippen molar-refractivity contribution in [1.29, 1.82) is 0 Å². The minimum Gasteiger partial charge on any atom is -0.411 e. The molecule has 0 bridgehead atoms. The van der Waals surface area contributed by atoms with E-state index in [1.807, 2.05) is 11.9 Å². The highest BCUT2D eigenvalue weighted by molar-refractivity contribution is 8.00. The standard InChI is InChI=1S/C6H13NS2/c1-5(2)4-7(3)6(8)9/h5H,4H2,1-3H3,(H,8,9)/p-1. The molecule has 0 saturated heterocycles. The molecule has 9 heavy (non-hydrogen) atoms. The van der Waals surface area contributed by atoms with Crippen molar-refractivity contribution in [2.75, 3.05) is 13.6 Å². The van der Waals surface area contributed by atoms with E-state index >= 15 is 0 Å². The van der Waals surface area contributed by atoms with Gasteiger partial charge in [0.15, 0.2) is 0 Å². The average Bonchev–Trinajstić information content (AvgIpc) is 1.63. The van der Waals surface area contributed by atoms with Gasteiger partial charge in [-0.3, -0.25) is 0 Å². The molecule has 0 aromatic carbocycles. The van der Waals surface area contributed by atoms with Gasteiger partial charge >= 0.3 is 0 Å². The summed E-state index contributed by atoms with van der Waals surface area (Å²) in [4.78, 5) is 1.91. The first-order valence-corrected chi connectivity index (χ1v) is 3.77. The maximum absolute atomic E-state index is 4.78. The molecule has 0 rings (SSSR count). The van der Waals surface area contributed by atoms with Crippen molar-refractivity contribution in [1.82, 2.24) is 4.90 Å². The summed E-state index contributed by atoms with van der Waals surface area (Å²) in [6, 6.07) is 0. The summed E-state index contributed by atoms with van der Waals surface area (Å²) in [6.45, 7) is 5.25. The van der Waals surface area contributed by atoms with Crippen molar-refractivity contribution in [3.05, 3.63) is 0 Å². The summed E-state index contributed by atoms with van der Waals surface area (Å²) in [7, 11) is 1.93. The summed E-state index contributed by atoms with van der Waals surface area (Å²) in [5, 5.41) is 0. The minimum absolute atomic E-state index is 0.559. The van der Waals surface area contributed by atoms with Gasteiger partial charge in [-0.1, -0.05) is 18.2 Å². The molecule has 0 amide bonds. The van der Waals surface area contributed by atoms with E-state index in [2.05, 4.69) is 13.8 Å². The van der Waals surface area contributed by atoms with Crippen LogP contribution in [0.5, 0.6) is 0 Å². The van der Waals surface area contributed by atoms with Crippen LogP contribution < -0.4 is 0 Å². The van der Waals surface area contributed by atoms with Crippen molar-refractivity contribution < 1.29 is 0 Å². The van der Waals surface area contributed by atoms with Crippen LogP contribution in [0, 0.1) is 5.92 Å². The molecule has 0 aliphatic rings. The number of thiocarbonyl (C=S) groups is 1. The molecular formula is C6H12NS2-. The molecule has 0 saturated carbocycles. The second-order valence-corrected chi connectivity index (χ2v) is 3.57. The Bertz CT molecular complexity index is 101. The average molecular weight is 162 g/mol. The Morgan fingerprint density at radius 1 is 1.67 bits per heavy atom. The van der Waals surface area contributed by atoms with Crippen LogP contribution in [-0.4, -0.2) is 22.8 Å². The van der Waals surface area contributed by atoms with Gasteiger partial charge in [0, 0.05) is 13.6 Å². The van der Waals surface area contributed by atoms with E-state index in [1.54, 1.807) is 0 Å². The van der Waals surface area contributed by atoms with E-state index in [1.165, 1.54) is 0 Å². The Labute approximate surface area is 67.8 Å². The first-order chi connectivity index (χ1) is 4.04. The van der Waals surface area contributed by atoms with E-state index in [-0.39, 0.29) is 0 Å². The van der Waals surface area contributed by atoms with Gasteiger partial charge in [-0.05, 0) is 5.92 Å². The lowest BCUT2D eigenvalue weighted by Gasteiger charge is -2.24. The smallest absolute Gasteiger partial charge is 0.0182 e. The van der Waals surface area contributed by atoms with E-state index in [4.69, 9.17) is 24.8 Å². The van der Waals surface area contributed by atoms with Crippen LogP contribution in [-0.2, 0) is 12.6 Å². The third-order valence-corrected chi connectivity index (χ3v) is 1.57. The molecule has 3 heteroatoms. The van der Waals surface area contributed by atoms with Crippen LogP contribution in [0.3, 0.4) is 0 Å². The Morgan fingerprint density at radius 3 is 2.22 bits per heavy atom. The molecule has 0 aliphatic heterocycles. The molecule has 0 aliphatic carbocycles. The predicted octanol–water partition coefficient (Wildman–Crippen LogP) is 1.41. The highest BCUT2D eigenvalue weighted by Gasteiger charge is 1.95. The number of rotatable bonds is 2. The van der Waals surface area contributed by atoms with E-state index in [9.17, 15) is 0 Å². The lowest BCUT2D eigenvalue weighted by Crippen LogP contribution is -2.26. The third-order valence-electron chi connectivity index (χ3n) is 0.951. The first kappa shape index (κ1) is 9.11. The van der Waals surface area contributed by atoms with Crippen LogP contribution in [0.25, 0.3) is 0 Å². The second kappa shape index (κ2) is 4.01. The molecule has 1 nitrogen and oxygen atoms in total. The molecule has 0 atom stereocenters. The summed E-state index contributed by atoms with van der Waals surface area (Å²) in [5.74, 6) is 0.635. The molecule has 0 radical (unpaired) electrons. The molecule has 0 N–H and O–H groups in total. The fraction of sp³-hybridized carbons (Fsp3) is 0.833. The van der Waals surface area contributed by atoms with E-state index < -0.39 is 0 Å². The fourth-order valence-corrected chi connectivity index (χ4v) is 0.771. The quantitative estimate of drug-likeness (QED) is 0.446. The highest BCUT2D eigenvalue weighted by Crippen LogP contribution is 1.95. The van der Waals surface area contributed by atoms with Gasteiger partial charge in [-0.2, -0.15) is 0 Å². The Balaban J connectivity index is 3.50. The molecule has 0 fully saturated rings. The molecule has 0 aromatic heterocycles. The monoisotopic (exact) mass is 162 g/mol. The van der Waals surface area contributed by atoms with E-state index in [0.29, 0.717) is 10.2 Å². The number of hydrogen-bond donors (Lipinski definition) is 0. The zero-order valence-corrected chi connectivity index (χ0v) is 7.68. The maximum atomic E-state index is 4.78. The van der Waals surface area contributed by atoms with Crippen molar-refractivity contribution in [3.8, 4) is 0 Å². The van der Waals surface area contributed by atoms with Crippen molar-refractivity contribution in [2.45, 2.75) is 13.8 Å². The summed E-state index contributed by atoms with van der Waals surface area (Å²) < 4.78 is 0.559. The van der Waals surface area contributed by atoms with Gasteiger partial charge in [0.2, 0.25) is 0 Å². The second-order valence-electron chi connectivity index (χ2n) is 2.54. The Morgan fingerprint density at radius 2 is 2.11 bits per heavy atom. The Kier molecular flexibility index (Phi) is 4.06. The van der Waals surface area contributed by atoms with Gasteiger partial charge in [0.05, 0.1) is 0 Å². The van der Waals surface area contributed by atoms with Crippen LogP contribution in [0.15, 0.2) is 0 Å². The third kappa shape index (κ3) is 4.60. The van der Waals surface area contributed by atoms with Gasteiger partial charge in [0.25, 0.3) is 0 Å². The molecule has 54 valence electrons. The topological polar surface area (TPSA) is 3.24 Å². The Hall–Kier alpha value is 0.110. The zero-order chi connectivity index (χ0) is 7.44.